The lowest BCUT2D eigenvalue weighted by Gasteiger charge is -2.16. The summed E-state index contributed by atoms with van der Waals surface area (Å²) in [5.74, 6) is -5.48. The molecule has 106 valence electrons. The van der Waals surface area contributed by atoms with Crippen LogP contribution in [0.15, 0.2) is 59.5 Å². The molecule has 0 heterocycles. The van der Waals surface area contributed by atoms with Gasteiger partial charge in [0.2, 0.25) is 0 Å². The molecule has 0 aliphatic heterocycles. The summed E-state index contributed by atoms with van der Waals surface area (Å²) >= 11 is 0. The van der Waals surface area contributed by atoms with E-state index in [-0.39, 0.29) is 10.5 Å². The summed E-state index contributed by atoms with van der Waals surface area (Å²) in [6.07, 6.45) is 0. The van der Waals surface area contributed by atoms with E-state index in [0.717, 1.165) is 24.3 Å². The Kier molecular flexibility index (Phi) is 3.85. The van der Waals surface area contributed by atoms with Crippen LogP contribution in [0.2, 0.25) is 0 Å². The van der Waals surface area contributed by atoms with Gasteiger partial charge in [-0.2, -0.15) is 0 Å². The molecule has 2 aromatic carbocycles. The van der Waals surface area contributed by atoms with Crippen LogP contribution in [0, 0.1) is 5.82 Å². The van der Waals surface area contributed by atoms with E-state index in [4.69, 9.17) is 0 Å². The van der Waals surface area contributed by atoms with E-state index in [1.807, 2.05) is 0 Å². The van der Waals surface area contributed by atoms with Crippen molar-refractivity contribution in [2.45, 2.75) is 10.8 Å². The lowest BCUT2D eigenvalue weighted by molar-refractivity contribution is 0.0213. The van der Waals surface area contributed by atoms with Crippen LogP contribution in [0.5, 0.6) is 0 Å². The minimum atomic E-state index is -4.20. The van der Waals surface area contributed by atoms with E-state index in [1.54, 1.807) is 6.07 Å². The van der Waals surface area contributed by atoms with Crippen LogP contribution in [-0.4, -0.2) is 14.2 Å². The van der Waals surface area contributed by atoms with Crippen LogP contribution in [0.3, 0.4) is 0 Å². The van der Waals surface area contributed by atoms with Gasteiger partial charge in [0.15, 0.2) is 9.84 Å². The summed E-state index contributed by atoms with van der Waals surface area (Å²) < 4.78 is 64.5. The molecular weight excluding hydrogens is 289 g/mol. The van der Waals surface area contributed by atoms with Gasteiger partial charge in [-0.05, 0) is 24.3 Å². The predicted molar refractivity (Wildman–Crippen MR) is 68.8 cm³/mol. The minimum absolute atomic E-state index is 0.325. The smallest absolute Gasteiger partial charge is 0.223 e. The molecular formula is C14H11F3O2S. The Labute approximate surface area is 114 Å². The molecule has 2 nitrogen and oxygen atoms in total. The van der Waals surface area contributed by atoms with Gasteiger partial charge in [-0.15, -0.1) is 0 Å². The largest absolute Gasteiger partial charge is 0.287 e. The highest BCUT2D eigenvalue weighted by Gasteiger charge is 2.38. The van der Waals surface area contributed by atoms with Crippen molar-refractivity contribution in [1.29, 1.82) is 0 Å². The molecule has 0 aliphatic carbocycles. The van der Waals surface area contributed by atoms with E-state index in [2.05, 4.69) is 0 Å². The van der Waals surface area contributed by atoms with E-state index >= 15 is 0 Å². The third kappa shape index (κ3) is 3.19. The van der Waals surface area contributed by atoms with E-state index < -0.39 is 27.3 Å². The summed E-state index contributed by atoms with van der Waals surface area (Å²) in [4.78, 5) is -0.325. The Hall–Kier alpha value is -1.82. The molecule has 0 atom stereocenters. The lowest BCUT2D eigenvalue weighted by atomic mass is 10.1. The summed E-state index contributed by atoms with van der Waals surface area (Å²) in [6.45, 7) is 0. The fourth-order valence-electron chi connectivity index (χ4n) is 1.73. The zero-order valence-corrected chi connectivity index (χ0v) is 11.1. The first kappa shape index (κ1) is 14.6. The SMILES string of the molecule is O=S(=O)(CC(F)(F)c1ccccc1)c1ccc(F)cc1. The second-order valence-corrected chi connectivity index (χ2v) is 6.27. The maximum absolute atomic E-state index is 14.0. The highest BCUT2D eigenvalue weighted by Crippen LogP contribution is 2.31. The Bertz CT molecular complexity index is 680. The van der Waals surface area contributed by atoms with Crippen molar-refractivity contribution in [3.63, 3.8) is 0 Å². The van der Waals surface area contributed by atoms with Crippen LogP contribution in [0.1, 0.15) is 5.56 Å². The van der Waals surface area contributed by atoms with Gasteiger partial charge in [-0.25, -0.2) is 21.6 Å². The van der Waals surface area contributed by atoms with Gasteiger partial charge in [0, 0.05) is 5.56 Å². The first-order valence-corrected chi connectivity index (χ1v) is 7.38. The molecule has 2 aromatic rings. The van der Waals surface area contributed by atoms with Crippen LogP contribution in [0.4, 0.5) is 13.2 Å². The van der Waals surface area contributed by atoms with Crippen molar-refractivity contribution >= 4 is 9.84 Å². The van der Waals surface area contributed by atoms with Crippen molar-refractivity contribution in [1.82, 2.24) is 0 Å². The molecule has 6 heteroatoms. The van der Waals surface area contributed by atoms with Gasteiger partial charge >= 0.3 is 0 Å². The molecule has 0 saturated heterocycles. The third-order valence-electron chi connectivity index (χ3n) is 2.74. The first-order chi connectivity index (χ1) is 9.31. The Morgan fingerprint density at radius 2 is 1.45 bits per heavy atom. The number of benzene rings is 2. The third-order valence-corrected chi connectivity index (χ3v) is 4.47. The maximum atomic E-state index is 14.0. The standard InChI is InChI=1S/C14H11F3O2S/c15-12-6-8-13(9-7-12)20(18,19)10-14(16,17)11-4-2-1-3-5-11/h1-9H,10H2. The highest BCUT2D eigenvalue weighted by atomic mass is 32.2. The minimum Gasteiger partial charge on any atom is -0.223 e. The van der Waals surface area contributed by atoms with Crippen molar-refractivity contribution < 1.29 is 21.6 Å². The highest BCUT2D eigenvalue weighted by molar-refractivity contribution is 7.91. The zero-order valence-electron chi connectivity index (χ0n) is 10.3. The van der Waals surface area contributed by atoms with Gasteiger partial charge < -0.3 is 0 Å². The predicted octanol–water partition coefficient (Wildman–Crippen LogP) is 3.39. The fraction of sp³-hybridized carbons (Fsp3) is 0.143. The summed E-state index contributed by atoms with van der Waals surface area (Å²) in [5, 5.41) is 0. The van der Waals surface area contributed by atoms with Crippen LogP contribution in [0.25, 0.3) is 0 Å². The molecule has 0 saturated carbocycles. The lowest BCUT2D eigenvalue weighted by Crippen LogP contribution is -2.25. The normalized spacial score (nSPS) is 12.3. The molecule has 2 rings (SSSR count). The Morgan fingerprint density at radius 1 is 0.900 bits per heavy atom. The van der Waals surface area contributed by atoms with Gasteiger partial charge in [0.05, 0.1) is 4.90 Å². The van der Waals surface area contributed by atoms with Crippen molar-refractivity contribution in [2.24, 2.45) is 0 Å². The molecule has 0 aliphatic rings. The quantitative estimate of drug-likeness (QED) is 0.811. The topological polar surface area (TPSA) is 34.1 Å². The Balaban J connectivity index is 2.30. The summed E-state index contributed by atoms with van der Waals surface area (Å²) in [6, 6.07) is 10.5. The average molecular weight is 300 g/mol. The van der Waals surface area contributed by atoms with E-state index in [9.17, 15) is 21.6 Å². The molecule has 0 bridgehead atoms. The number of halogens is 3. The van der Waals surface area contributed by atoms with Gasteiger partial charge in [0.1, 0.15) is 11.6 Å². The molecule has 0 N–H and O–H groups in total. The van der Waals surface area contributed by atoms with Crippen LogP contribution in [-0.2, 0) is 15.8 Å². The van der Waals surface area contributed by atoms with Crippen LogP contribution < -0.4 is 0 Å². The second kappa shape index (κ2) is 5.28. The second-order valence-electron chi connectivity index (χ2n) is 4.28. The summed E-state index contributed by atoms with van der Waals surface area (Å²) in [7, 11) is -4.20. The van der Waals surface area contributed by atoms with Crippen molar-refractivity contribution in [2.75, 3.05) is 5.75 Å². The van der Waals surface area contributed by atoms with E-state index in [1.165, 1.54) is 24.3 Å². The fourth-order valence-corrected chi connectivity index (χ4v) is 3.09. The molecule has 0 spiro atoms. The van der Waals surface area contributed by atoms with Gasteiger partial charge in [-0.1, -0.05) is 30.3 Å². The number of alkyl halides is 2. The average Bonchev–Trinajstić information content (AvgIpc) is 2.39. The van der Waals surface area contributed by atoms with Gasteiger partial charge in [-0.3, -0.25) is 0 Å². The molecule has 0 amide bonds. The molecule has 0 aromatic heterocycles. The molecule has 0 unspecified atom stereocenters. The Morgan fingerprint density at radius 3 is 2.00 bits per heavy atom. The number of hydrogen-bond acceptors (Lipinski definition) is 2. The molecule has 0 fully saturated rings. The van der Waals surface area contributed by atoms with Crippen LogP contribution >= 0.6 is 0 Å². The van der Waals surface area contributed by atoms with E-state index in [0.29, 0.717) is 0 Å². The van der Waals surface area contributed by atoms with Crippen molar-refractivity contribution in [3.05, 3.63) is 66.0 Å². The zero-order chi connectivity index (χ0) is 14.8. The number of hydrogen-bond donors (Lipinski definition) is 0. The first-order valence-electron chi connectivity index (χ1n) is 5.73. The monoisotopic (exact) mass is 300 g/mol. The molecule has 0 radical (unpaired) electrons. The van der Waals surface area contributed by atoms with Gasteiger partial charge in [0.25, 0.3) is 5.92 Å². The number of sulfone groups is 1. The van der Waals surface area contributed by atoms with Crippen molar-refractivity contribution in [3.8, 4) is 0 Å². The molecule has 20 heavy (non-hydrogen) atoms. The maximum Gasteiger partial charge on any atom is 0.287 e. The summed E-state index contributed by atoms with van der Waals surface area (Å²) in [5.41, 5.74) is -0.370. The number of rotatable bonds is 4.